The minimum atomic E-state index is -1.15. The summed E-state index contributed by atoms with van der Waals surface area (Å²) in [6.07, 6.45) is 1.10. The number of carboxylic acid groups (broad SMARTS) is 1. The first-order valence-electron chi connectivity index (χ1n) is 6.64. The third-order valence-corrected chi connectivity index (χ3v) is 3.84. The van der Waals surface area contributed by atoms with Crippen molar-refractivity contribution in [1.29, 1.82) is 0 Å². The van der Waals surface area contributed by atoms with Gasteiger partial charge < -0.3 is 14.8 Å². The normalized spacial score (nSPS) is 20.6. The standard InChI is InChI=1S/C15H19NO3/c1-3-10(2)11-4-6-13(7-5-11)16-9-12(15(18)19)8-14(16)17/h4-7,10,12H,3,8-9H2,1-2H3,(H,18,19)/p-1/t10-,12-/m0/s1. The molecule has 1 heterocycles. The summed E-state index contributed by atoms with van der Waals surface area (Å²) >= 11 is 0. The highest BCUT2D eigenvalue weighted by Crippen LogP contribution is 2.27. The van der Waals surface area contributed by atoms with Gasteiger partial charge in [-0.15, -0.1) is 0 Å². The molecule has 19 heavy (non-hydrogen) atoms. The third kappa shape index (κ3) is 2.78. The minimum Gasteiger partial charge on any atom is -0.550 e. The van der Waals surface area contributed by atoms with Crippen LogP contribution in [-0.4, -0.2) is 18.4 Å². The van der Waals surface area contributed by atoms with Gasteiger partial charge in [-0.05, 0) is 30.0 Å². The third-order valence-electron chi connectivity index (χ3n) is 3.84. The number of nitrogens with zero attached hydrogens (tertiary/aromatic N) is 1. The van der Waals surface area contributed by atoms with Gasteiger partial charge in [0.15, 0.2) is 0 Å². The van der Waals surface area contributed by atoms with Gasteiger partial charge in [0.25, 0.3) is 0 Å². The highest BCUT2D eigenvalue weighted by Gasteiger charge is 2.31. The van der Waals surface area contributed by atoms with Crippen LogP contribution < -0.4 is 10.0 Å². The molecular weight excluding hydrogens is 242 g/mol. The fourth-order valence-corrected chi connectivity index (χ4v) is 2.33. The van der Waals surface area contributed by atoms with Crippen molar-refractivity contribution in [3.63, 3.8) is 0 Å². The summed E-state index contributed by atoms with van der Waals surface area (Å²) in [6, 6.07) is 7.78. The number of carbonyl (C=O) groups is 2. The zero-order chi connectivity index (χ0) is 14.0. The number of amides is 1. The summed E-state index contributed by atoms with van der Waals surface area (Å²) in [7, 11) is 0. The number of rotatable bonds is 4. The summed E-state index contributed by atoms with van der Waals surface area (Å²) in [5.74, 6) is -1.50. The summed E-state index contributed by atoms with van der Waals surface area (Å²) < 4.78 is 0. The Morgan fingerprint density at radius 2 is 2.05 bits per heavy atom. The molecule has 0 unspecified atom stereocenters. The topological polar surface area (TPSA) is 60.4 Å². The number of hydrogen-bond acceptors (Lipinski definition) is 3. The molecule has 1 aliphatic rings. The van der Waals surface area contributed by atoms with Gasteiger partial charge in [-0.2, -0.15) is 0 Å². The zero-order valence-corrected chi connectivity index (χ0v) is 11.3. The van der Waals surface area contributed by atoms with Gasteiger partial charge in [0.2, 0.25) is 5.91 Å². The highest BCUT2D eigenvalue weighted by atomic mass is 16.4. The number of hydrogen-bond donors (Lipinski definition) is 0. The molecule has 4 nitrogen and oxygen atoms in total. The average Bonchev–Trinajstić information content (AvgIpc) is 2.80. The molecule has 2 rings (SSSR count). The van der Waals surface area contributed by atoms with Crippen LogP contribution >= 0.6 is 0 Å². The van der Waals surface area contributed by atoms with E-state index in [9.17, 15) is 14.7 Å². The first-order chi connectivity index (χ1) is 9.02. The number of benzene rings is 1. The molecule has 0 bridgehead atoms. The zero-order valence-electron chi connectivity index (χ0n) is 11.3. The second kappa shape index (κ2) is 5.43. The predicted octanol–water partition coefficient (Wildman–Crippen LogP) is 1.30. The minimum absolute atomic E-state index is 0.0372. The van der Waals surface area contributed by atoms with Crippen LogP contribution in [0.4, 0.5) is 5.69 Å². The number of aliphatic carboxylic acids is 1. The Balaban J connectivity index is 2.14. The van der Waals surface area contributed by atoms with E-state index in [1.165, 1.54) is 10.5 Å². The van der Waals surface area contributed by atoms with Crippen LogP contribution in [0.25, 0.3) is 0 Å². The molecular formula is C15H18NO3-. The lowest BCUT2D eigenvalue weighted by molar-refractivity contribution is -0.310. The predicted molar refractivity (Wildman–Crippen MR) is 70.6 cm³/mol. The van der Waals surface area contributed by atoms with Gasteiger partial charge in [-0.1, -0.05) is 26.0 Å². The molecule has 1 aromatic rings. The van der Waals surface area contributed by atoms with Crippen molar-refractivity contribution in [1.82, 2.24) is 0 Å². The Kier molecular flexibility index (Phi) is 3.88. The first-order valence-corrected chi connectivity index (χ1v) is 6.64. The summed E-state index contributed by atoms with van der Waals surface area (Å²) in [5.41, 5.74) is 2.00. The van der Waals surface area contributed by atoms with Crippen molar-refractivity contribution in [2.75, 3.05) is 11.4 Å². The number of anilines is 1. The van der Waals surface area contributed by atoms with Crippen molar-refractivity contribution in [2.24, 2.45) is 5.92 Å². The van der Waals surface area contributed by atoms with E-state index in [0.29, 0.717) is 5.92 Å². The molecule has 2 atom stereocenters. The van der Waals surface area contributed by atoms with Gasteiger partial charge in [0.1, 0.15) is 0 Å². The molecule has 102 valence electrons. The van der Waals surface area contributed by atoms with Crippen molar-refractivity contribution in [2.45, 2.75) is 32.6 Å². The maximum Gasteiger partial charge on any atom is 0.227 e. The van der Waals surface area contributed by atoms with E-state index in [4.69, 9.17) is 0 Å². The van der Waals surface area contributed by atoms with E-state index in [-0.39, 0.29) is 18.9 Å². The Morgan fingerprint density at radius 1 is 1.42 bits per heavy atom. The number of carboxylic acids is 1. The smallest absolute Gasteiger partial charge is 0.227 e. The van der Waals surface area contributed by atoms with E-state index >= 15 is 0 Å². The summed E-state index contributed by atoms with van der Waals surface area (Å²) in [5, 5.41) is 10.8. The molecule has 1 aliphatic heterocycles. The lowest BCUT2D eigenvalue weighted by atomic mass is 9.98. The van der Waals surface area contributed by atoms with E-state index in [0.717, 1.165) is 12.1 Å². The molecule has 1 saturated heterocycles. The van der Waals surface area contributed by atoms with Gasteiger partial charge in [0, 0.05) is 30.5 Å². The molecule has 0 spiro atoms. The fraction of sp³-hybridized carbons (Fsp3) is 0.467. The Morgan fingerprint density at radius 3 is 2.53 bits per heavy atom. The van der Waals surface area contributed by atoms with Crippen LogP contribution in [0.3, 0.4) is 0 Å². The van der Waals surface area contributed by atoms with Crippen LogP contribution in [0, 0.1) is 5.92 Å². The van der Waals surface area contributed by atoms with Gasteiger partial charge >= 0.3 is 0 Å². The molecule has 4 heteroatoms. The van der Waals surface area contributed by atoms with Gasteiger partial charge in [-0.25, -0.2) is 0 Å². The molecule has 0 saturated carbocycles. The molecule has 0 N–H and O–H groups in total. The molecule has 0 aliphatic carbocycles. The summed E-state index contributed by atoms with van der Waals surface area (Å²) in [6.45, 7) is 4.50. The quantitative estimate of drug-likeness (QED) is 0.820. The van der Waals surface area contributed by atoms with E-state index < -0.39 is 11.9 Å². The maximum atomic E-state index is 11.8. The molecule has 0 aromatic heterocycles. The monoisotopic (exact) mass is 260 g/mol. The molecule has 1 aromatic carbocycles. The Bertz CT molecular complexity index is 481. The summed E-state index contributed by atoms with van der Waals surface area (Å²) in [4.78, 5) is 24.1. The van der Waals surface area contributed by atoms with Crippen LogP contribution in [0.2, 0.25) is 0 Å². The van der Waals surface area contributed by atoms with Crippen LogP contribution in [0.5, 0.6) is 0 Å². The Hall–Kier alpha value is -1.84. The second-order valence-corrected chi connectivity index (χ2v) is 5.13. The SMILES string of the molecule is CC[C@H](C)c1ccc(N2C[C@@H](C(=O)[O-])CC2=O)cc1. The molecule has 1 amide bonds. The van der Waals surface area contributed by atoms with E-state index in [1.54, 1.807) is 0 Å². The second-order valence-electron chi connectivity index (χ2n) is 5.13. The molecule has 0 radical (unpaired) electrons. The van der Waals surface area contributed by atoms with Gasteiger partial charge in [-0.3, -0.25) is 4.79 Å². The average molecular weight is 260 g/mol. The van der Waals surface area contributed by atoms with Crippen molar-refractivity contribution in [3.05, 3.63) is 29.8 Å². The van der Waals surface area contributed by atoms with Crippen molar-refractivity contribution in [3.8, 4) is 0 Å². The largest absolute Gasteiger partial charge is 0.550 e. The highest BCUT2D eigenvalue weighted by molar-refractivity contribution is 5.98. The van der Waals surface area contributed by atoms with Crippen LogP contribution in [0.15, 0.2) is 24.3 Å². The first kappa shape index (κ1) is 13.6. The Labute approximate surface area is 113 Å². The molecule has 1 fully saturated rings. The van der Waals surface area contributed by atoms with Gasteiger partial charge in [0.05, 0.1) is 0 Å². The van der Waals surface area contributed by atoms with Crippen molar-refractivity contribution < 1.29 is 14.7 Å². The lowest BCUT2D eigenvalue weighted by Gasteiger charge is -2.18. The number of carbonyl (C=O) groups excluding carboxylic acids is 2. The van der Waals surface area contributed by atoms with E-state index in [1.807, 2.05) is 24.3 Å². The van der Waals surface area contributed by atoms with E-state index in [2.05, 4.69) is 13.8 Å². The van der Waals surface area contributed by atoms with Crippen LogP contribution in [0.1, 0.15) is 38.2 Å². The van der Waals surface area contributed by atoms with Crippen molar-refractivity contribution >= 4 is 17.6 Å². The van der Waals surface area contributed by atoms with Crippen LogP contribution in [-0.2, 0) is 9.59 Å². The lowest BCUT2D eigenvalue weighted by Crippen LogP contribution is -2.33. The maximum absolute atomic E-state index is 11.8. The fourth-order valence-electron chi connectivity index (χ4n) is 2.33.